The molecule has 0 atom stereocenters. The molecular formula is C29H27N9O2. The molecule has 0 radical (unpaired) electrons. The van der Waals surface area contributed by atoms with E-state index in [1.807, 2.05) is 48.5 Å². The Morgan fingerprint density at radius 1 is 0.875 bits per heavy atom. The van der Waals surface area contributed by atoms with Crippen molar-refractivity contribution in [1.29, 1.82) is 5.41 Å². The fourth-order valence-electron chi connectivity index (χ4n) is 4.37. The van der Waals surface area contributed by atoms with Gasteiger partial charge in [-0.2, -0.15) is 0 Å². The molecule has 0 fully saturated rings. The summed E-state index contributed by atoms with van der Waals surface area (Å²) in [6.07, 6.45) is 0. The van der Waals surface area contributed by atoms with Crippen LogP contribution in [0.1, 0.15) is 20.7 Å². The SMILES string of the molecule is N=C(N)NCC/N=c1/cc2n(-c3ccc(C(N)=O)cc3)c3ccccc3nc-2cc1Nc1ccc(C(N)=O)cc1. The van der Waals surface area contributed by atoms with Crippen LogP contribution in [-0.2, 0) is 0 Å². The normalized spacial score (nSPS) is 11.4. The van der Waals surface area contributed by atoms with E-state index in [0.717, 1.165) is 28.1 Å². The molecule has 0 bridgehead atoms. The largest absolute Gasteiger partial charge is 0.370 e. The van der Waals surface area contributed by atoms with Crippen molar-refractivity contribution in [2.45, 2.75) is 0 Å². The second-order valence-corrected chi connectivity index (χ2v) is 8.99. The van der Waals surface area contributed by atoms with Gasteiger partial charge in [-0.3, -0.25) is 20.0 Å². The number of hydrogen-bond donors (Lipinski definition) is 6. The molecule has 1 heterocycles. The number of nitrogens with zero attached hydrogens (tertiary/aromatic N) is 3. The number of carbonyl (C=O) groups excluding carboxylic acids is 2. The highest BCUT2D eigenvalue weighted by Crippen LogP contribution is 2.30. The maximum atomic E-state index is 11.7. The van der Waals surface area contributed by atoms with Gasteiger partial charge >= 0.3 is 0 Å². The number of nitrogens with one attached hydrogen (secondary N) is 3. The van der Waals surface area contributed by atoms with E-state index in [4.69, 9.17) is 32.6 Å². The third kappa shape index (κ3) is 5.43. The molecule has 1 aliphatic carbocycles. The Morgan fingerprint density at radius 2 is 1.52 bits per heavy atom. The Hall–Kier alpha value is -5.71. The van der Waals surface area contributed by atoms with Gasteiger partial charge in [-0.25, -0.2) is 4.98 Å². The summed E-state index contributed by atoms with van der Waals surface area (Å²) >= 11 is 0. The highest BCUT2D eigenvalue weighted by Gasteiger charge is 2.17. The van der Waals surface area contributed by atoms with Crippen LogP contribution < -0.4 is 33.2 Å². The highest BCUT2D eigenvalue weighted by atomic mass is 16.1. The van der Waals surface area contributed by atoms with Crippen molar-refractivity contribution in [3.63, 3.8) is 0 Å². The molecule has 3 aromatic rings. The van der Waals surface area contributed by atoms with Gasteiger partial charge in [-0.05, 0) is 72.8 Å². The van der Waals surface area contributed by atoms with E-state index in [1.54, 1.807) is 36.4 Å². The quantitative estimate of drug-likeness (QED) is 0.0768. The first-order chi connectivity index (χ1) is 19.3. The summed E-state index contributed by atoms with van der Waals surface area (Å²) < 4.78 is 2.06. The lowest BCUT2D eigenvalue weighted by Gasteiger charge is -2.20. The molecule has 0 unspecified atom stereocenters. The van der Waals surface area contributed by atoms with Crippen molar-refractivity contribution < 1.29 is 9.59 Å². The maximum Gasteiger partial charge on any atom is 0.248 e. The molecule has 3 aromatic carbocycles. The summed E-state index contributed by atoms with van der Waals surface area (Å²) in [4.78, 5) is 32.8. The molecule has 11 heteroatoms. The molecule has 11 nitrogen and oxygen atoms in total. The minimum absolute atomic E-state index is 0.130. The molecule has 0 saturated heterocycles. The van der Waals surface area contributed by atoms with Crippen LogP contribution in [0.5, 0.6) is 0 Å². The molecular weight excluding hydrogens is 506 g/mol. The molecule has 40 heavy (non-hydrogen) atoms. The van der Waals surface area contributed by atoms with E-state index in [2.05, 4.69) is 15.2 Å². The minimum Gasteiger partial charge on any atom is -0.370 e. The van der Waals surface area contributed by atoms with E-state index in [-0.39, 0.29) is 5.96 Å². The van der Waals surface area contributed by atoms with E-state index in [0.29, 0.717) is 41.0 Å². The Morgan fingerprint density at radius 3 is 2.17 bits per heavy atom. The molecule has 0 spiro atoms. The number of fused-ring (bicyclic) bond motifs is 2. The average molecular weight is 534 g/mol. The fourth-order valence-corrected chi connectivity index (χ4v) is 4.37. The second-order valence-electron chi connectivity index (χ2n) is 8.99. The Kier molecular flexibility index (Phi) is 7.10. The van der Waals surface area contributed by atoms with Crippen molar-refractivity contribution in [2.75, 3.05) is 18.4 Å². The molecule has 5 rings (SSSR count). The molecule has 200 valence electrons. The van der Waals surface area contributed by atoms with Gasteiger partial charge in [-0.15, -0.1) is 0 Å². The van der Waals surface area contributed by atoms with E-state index in [9.17, 15) is 9.59 Å². The summed E-state index contributed by atoms with van der Waals surface area (Å²) in [5.74, 6) is -1.13. The lowest BCUT2D eigenvalue weighted by molar-refractivity contribution is 0.0992. The summed E-state index contributed by atoms with van der Waals surface area (Å²) in [6, 6.07) is 25.5. The average Bonchev–Trinajstić information content (AvgIpc) is 2.94. The predicted molar refractivity (Wildman–Crippen MR) is 155 cm³/mol. The second kappa shape index (κ2) is 11.0. The number of carbonyl (C=O) groups is 2. The van der Waals surface area contributed by atoms with Crippen LogP contribution in [0.3, 0.4) is 0 Å². The number of primary amides is 2. The Labute approximate surface area is 229 Å². The van der Waals surface area contributed by atoms with Gasteiger partial charge < -0.3 is 32.4 Å². The number of benzene rings is 4. The molecule has 0 aromatic heterocycles. The van der Waals surface area contributed by atoms with Crippen molar-refractivity contribution in [3.05, 3.63) is 101 Å². The van der Waals surface area contributed by atoms with Crippen molar-refractivity contribution >= 4 is 40.2 Å². The van der Waals surface area contributed by atoms with Gasteiger partial charge in [0.1, 0.15) is 0 Å². The summed E-state index contributed by atoms with van der Waals surface area (Å²) in [6.45, 7) is 0.735. The number of rotatable bonds is 8. The number of aromatic nitrogens is 2. The molecule has 9 N–H and O–H groups in total. The van der Waals surface area contributed by atoms with Crippen molar-refractivity contribution in [1.82, 2.24) is 14.9 Å². The van der Waals surface area contributed by atoms with E-state index >= 15 is 0 Å². The summed E-state index contributed by atoms with van der Waals surface area (Å²) in [5.41, 5.74) is 22.5. The van der Waals surface area contributed by atoms with Gasteiger partial charge in [0, 0.05) is 29.0 Å². The van der Waals surface area contributed by atoms with E-state index in [1.165, 1.54) is 0 Å². The zero-order valence-corrected chi connectivity index (χ0v) is 21.4. The smallest absolute Gasteiger partial charge is 0.248 e. The van der Waals surface area contributed by atoms with Crippen LogP contribution in [-0.4, -0.2) is 40.4 Å². The molecule has 0 saturated carbocycles. The zero-order valence-electron chi connectivity index (χ0n) is 21.4. The summed E-state index contributed by atoms with van der Waals surface area (Å²) in [5, 5.41) is 14.2. The minimum atomic E-state index is -0.504. The first kappa shape index (κ1) is 25.9. The van der Waals surface area contributed by atoms with Gasteiger partial charge in [0.25, 0.3) is 0 Å². The molecule has 2 amide bonds. The number of anilines is 2. The van der Waals surface area contributed by atoms with Crippen LogP contribution in [0.25, 0.3) is 28.1 Å². The number of amides is 2. The van der Waals surface area contributed by atoms with Crippen LogP contribution in [0.15, 0.2) is 89.9 Å². The van der Waals surface area contributed by atoms with Gasteiger partial charge in [0.2, 0.25) is 11.8 Å². The van der Waals surface area contributed by atoms with Crippen molar-refractivity contribution in [2.24, 2.45) is 22.2 Å². The standard InChI is InChI=1S/C29H27N9O2/c30-27(39)17-5-9-19(10-6-17)36-23-15-24-26(16-22(23)34-13-14-35-29(32)33)38(25-4-2-1-3-21(25)37-24)20-11-7-18(8-12-20)28(31)40/h1-12,15-16,36H,13-14H2,(H2,30,39)(H2,31,40)(H4,32,33,35)/b34-22-. The van der Waals surface area contributed by atoms with Crippen molar-refractivity contribution in [3.8, 4) is 17.1 Å². The third-order valence-corrected chi connectivity index (χ3v) is 6.27. The van der Waals surface area contributed by atoms with Crippen LogP contribution in [0.4, 0.5) is 11.4 Å². The highest BCUT2D eigenvalue weighted by molar-refractivity contribution is 5.94. The van der Waals surface area contributed by atoms with Gasteiger partial charge in [0.05, 0.1) is 40.0 Å². The topological polar surface area (TPSA) is 190 Å². The Balaban J connectivity index is 1.70. The lowest BCUT2D eigenvalue weighted by atomic mass is 10.1. The zero-order chi connectivity index (χ0) is 28.2. The van der Waals surface area contributed by atoms with Crippen LogP contribution in [0, 0.1) is 5.41 Å². The lowest BCUT2D eigenvalue weighted by Crippen LogP contribution is -2.32. The first-order valence-corrected chi connectivity index (χ1v) is 12.4. The first-order valence-electron chi connectivity index (χ1n) is 12.4. The predicted octanol–water partition coefficient (Wildman–Crippen LogP) is 2.46. The van der Waals surface area contributed by atoms with Crippen LogP contribution >= 0.6 is 0 Å². The monoisotopic (exact) mass is 533 g/mol. The number of guanidine groups is 1. The molecule has 1 aliphatic heterocycles. The fraction of sp³-hybridized carbons (Fsp3) is 0.0690. The maximum absolute atomic E-state index is 11.7. The van der Waals surface area contributed by atoms with E-state index < -0.39 is 11.8 Å². The Bertz CT molecular complexity index is 1780. The van der Waals surface area contributed by atoms with Gasteiger partial charge in [-0.1, -0.05) is 12.1 Å². The number of hydrogen-bond acceptors (Lipinski definition) is 6. The van der Waals surface area contributed by atoms with Gasteiger partial charge in [0.15, 0.2) is 5.96 Å². The number of nitrogens with two attached hydrogens (primary N) is 3. The van der Waals surface area contributed by atoms with Crippen LogP contribution in [0.2, 0.25) is 0 Å². The molecule has 2 aliphatic rings. The third-order valence-electron chi connectivity index (χ3n) is 6.27. The number of para-hydroxylation sites is 2. The summed E-state index contributed by atoms with van der Waals surface area (Å²) in [7, 11) is 0.